The Kier molecular flexibility index (Phi) is 6.02. The summed E-state index contributed by atoms with van der Waals surface area (Å²) in [7, 11) is -5.62. The fourth-order valence-electron chi connectivity index (χ4n) is 1.35. The van der Waals surface area contributed by atoms with E-state index in [4.69, 9.17) is 0 Å². The summed E-state index contributed by atoms with van der Waals surface area (Å²) in [6, 6.07) is 5.29. The number of benzene rings is 1. The molecule has 7 heteroatoms. The highest BCUT2D eigenvalue weighted by Gasteiger charge is 2.48. The van der Waals surface area contributed by atoms with Crippen LogP contribution in [0.1, 0.15) is 25.3 Å². The van der Waals surface area contributed by atoms with Gasteiger partial charge >= 0.3 is 15.6 Å². The van der Waals surface area contributed by atoms with E-state index in [1.54, 1.807) is 6.08 Å². The van der Waals surface area contributed by atoms with Gasteiger partial charge in [-0.3, -0.25) is 0 Å². The summed E-state index contributed by atoms with van der Waals surface area (Å²) in [5.74, 6) is -0.379. The van der Waals surface area contributed by atoms with Gasteiger partial charge in [0.25, 0.3) is 0 Å². The number of allylic oxidation sites excluding steroid dienone is 3. The van der Waals surface area contributed by atoms with Crippen LogP contribution in [0.4, 0.5) is 13.2 Å². The third-order valence-electron chi connectivity index (χ3n) is 2.35. The maximum absolute atomic E-state index is 12.1. The molecule has 1 aromatic rings. The van der Waals surface area contributed by atoms with Crippen LogP contribution in [0, 0.1) is 0 Å². The Balaban J connectivity index is 2.69. The first-order valence-corrected chi connectivity index (χ1v) is 7.59. The van der Waals surface area contributed by atoms with E-state index in [0.29, 0.717) is 0 Å². The van der Waals surface area contributed by atoms with Gasteiger partial charge < -0.3 is 4.18 Å². The van der Waals surface area contributed by atoms with Gasteiger partial charge in [-0.1, -0.05) is 43.4 Å². The molecule has 0 aliphatic rings. The van der Waals surface area contributed by atoms with Crippen molar-refractivity contribution in [3.8, 4) is 5.75 Å². The molecule has 0 spiro atoms. The topological polar surface area (TPSA) is 43.4 Å². The second kappa shape index (κ2) is 7.31. The van der Waals surface area contributed by atoms with Crippen LogP contribution < -0.4 is 4.18 Å². The lowest BCUT2D eigenvalue weighted by Gasteiger charge is -2.09. The van der Waals surface area contributed by atoms with Gasteiger partial charge in [0, 0.05) is 0 Å². The molecule has 0 bridgehead atoms. The van der Waals surface area contributed by atoms with Gasteiger partial charge in [0.05, 0.1) is 0 Å². The van der Waals surface area contributed by atoms with E-state index < -0.39 is 15.6 Å². The molecule has 1 rings (SSSR count). The predicted molar refractivity (Wildman–Crippen MR) is 75.1 cm³/mol. The maximum atomic E-state index is 12.1. The van der Waals surface area contributed by atoms with Crippen molar-refractivity contribution in [2.75, 3.05) is 0 Å². The number of hydrogen-bond donors (Lipinski definition) is 0. The standard InChI is InChI=1S/C14H15F3O3S/c1-2-3-4-5-6-7-12-8-10-13(11-9-12)20-21(18,19)14(15,16)17/h3-4,6-11H,2,5H2,1H3. The fraction of sp³-hybridized carbons (Fsp3) is 0.286. The SMILES string of the molecule is CCC=CCC=Cc1ccc(OS(=O)(=O)C(F)(F)F)cc1. The van der Waals surface area contributed by atoms with Crippen molar-refractivity contribution in [1.29, 1.82) is 0 Å². The minimum Gasteiger partial charge on any atom is -0.376 e. The van der Waals surface area contributed by atoms with Crippen LogP contribution in [0.25, 0.3) is 6.08 Å². The van der Waals surface area contributed by atoms with Gasteiger partial charge in [-0.05, 0) is 30.5 Å². The molecule has 1 aromatic carbocycles. The molecular formula is C14H15F3O3S. The van der Waals surface area contributed by atoms with Crippen molar-refractivity contribution in [2.24, 2.45) is 0 Å². The smallest absolute Gasteiger partial charge is 0.376 e. The van der Waals surface area contributed by atoms with Crippen molar-refractivity contribution in [3.63, 3.8) is 0 Å². The van der Waals surface area contributed by atoms with Gasteiger partial charge in [-0.15, -0.1) is 0 Å². The van der Waals surface area contributed by atoms with Gasteiger partial charge in [0.2, 0.25) is 0 Å². The summed E-state index contributed by atoms with van der Waals surface area (Å²) in [5, 5.41) is 0. The minimum atomic E-state index is -5.62. The normalized spacial score (nSPS) is 13.1. The molecule has 0 fully saturated rings. The fourth-order valence-corrected chi connectivity index (χ4v) is 1.81. The highest BCUT2D eigenvalue weighted by Crippen LogP contribution is 2.27. The van der Waals surface area contributed by atoms with E-state index in [2.05, 4.69) is 4.18 Å². The first-order chi connectivity index (χ1) is 9.76. The summed E-state index contributed by atoms with van der Waals surface area (Å²) in [4.78, 5) is 0. The van der Waals surface area contributed by atoms with Crippen molar-refractivity contribution in [1.82, 2.24) is 0 Å². The first kappa shape index (κ1) is 17.3. The Morgan fingerprint density at radius 2 is 1.71 bits per heavy atom. The van der Waals surface area contributed by atoms with E-state index in [-0.39, 0.29) is 5.75 Å². The van der Waals surface area contributed by atoms with Gasteiger partial charge in [-0.2, -0.15) is 21.6 Å². The Labute approximate surface area is 121 Å². The number of alkyl halides is 3. The Morgan fingerprint density at radius 1 is 1.10 bits per heavy atom. The second-order valence-electron chi connectivity index (χ2n) is 4.07. The van der Waals surface area contributed by atoms with Crippen molar-refractivity contribution < 1.29 is 25.8 Å². The Hall–Kier alpha value is -1.76. The molecule has 0 saturated heterocycles. The van der Waals surface area contributed by atoms with E-state index in [1.807, 2.05) is 25.2 Å². The predicted octanol–water partition coefficient (Wildman–Crippen LogP) is 4.28. The van der Waals surface area contributed by atoms with Gasteiger partial charge in [0.1, 0.15) is 5.75 Å². The molecule has 0 aliphatic heterocycles. The summed E-state index contributed by atoms with van der Waals surface area (Å²) < 4.78 is 62.0. The maximum Gasteiger partial charge on any atom is 0.534 e. The van der Waals surface area contributed by atoms with Crippen LogP contribution in [0.3, 0.4) is 0 Å². The number of rotatable bonds is 6. The van der Waals surface area contributed by atoms with Crippen molar-refractivity contribution in [3.05, 3.63) is 48.1 Å². The monoisotopic (exact) mass is 320 g/mol. The lowest BCUT2D eigenvalue weighted by Crippen LogP contribution is -2.28. The highest BCUT2D eigenvalue weighted by molar-refractivity contribution is 7.87. The zero-order chi connectivity index (χ0) is 15.9. The van der Waals surface area contributed by atoms with Crippen LogP contribution in [-0.2, 0) is 10.1 Å². The molecule has 0 atom stereocenters. The van der Waals surface area contributed by atoms with Crippen LogP contribution >= 0.6 is 0 Å². The number of hydrogen-bond acceptors (Lipinski definition) is 3. The molecular weight excluding hydrogens is 305 g/mol. The molecule has 3 nitrogen and oxygen atoms in total. The van der Waals surface area contributed by atoms with Crippen LogP contribution in [0.15, 0.2) is 42.5 Å². The van der Waals surface area contributed by atoms with Crippen molar-refractivity contribution in [2.45, 2.75) is 25.3 Å². The third kappa shape index (κ3) is 5.63. The molecule has 0 radical (unpaired) electrons. The lowest BCUT2D eigenvalue weighted by atomic mass is 10.2. The molecule has 0 N–H and O–H groups in total. The molecule has 21 heavy (non-hydrogen) atoms. The summed E-state index contributed by atoms with van der Waals surface area (Å²) in [5.41, 5.74) is -4.70. The van der Waals surface area contributed by atoms with E-state index in [9.17, 15) is 21.6 Å². The van der Waals surface area contributed by atoms with Crippen LogP contribution in [-0.4, -0.2) is 13.9 Å². The molecule has 0 aliphatic carbocycles. The molecule has 0 unspecified atom stereocenters. The minimum absolute atomic E-state index is 0.379. The van der Waals surface area contributed by atoms with Gasteiger partial charge in [0.15, 0.2) is 0 Å². The summed E-state index contributed by atoms with van der Waals surface area (Å²) >= 11 is 0. The zero-order valence-corrected chi connectivity index (χ0v) is 12.1. The quantitative estimate of drug-likeness (QED) is 0.446. The van der Waals surface area contributed by atoms with Crippen LogP contribution in [0.2, 0.25) is 0 Å². The molecule has 0 saturated carbocycles. The average Bonchev–Trinajstić information content (AvgIpc) is 2.39. The highest BCUT2D eigenvalue weighted by atomic mass is 32.2. The molecule has 0 aromatic heterocycles. The zero-order valence-electron chi connectivity index (χ0n) is 11.3. The molecule has 116 valence electrons. The third-order valence-corrected chi connectivity index (χ3v) is 3.33. The van der Waals surface area contributed by atoms with Gasteiger partial charge in [-0.25, -0.2) is 0 Å². The lowest BCUT2D eigenvalue weighted by molar-refractivity contribution is -0.0500. The van der Waals surface area contributed by atoms with Crippen LogP contribution in [0.5, 0.6) is 5.75 Å². The summed E-state index contributed by atoms with van der Waals surface area (Å²) in [6.45, 7) is 2.02. The second-order valence-corrected chi connectivity index (χ2v) is 5.61. The summed E-state index contributed by atoms with van der Waals surface area (Å²) in [6.07, 6.45) is 9.37. The van der Waals surface area contributed by atoms with E-state index in [1.165, 1.54) is 24.3 Å². The Morgan fingerprint density at radius 3 is 2.24 bits per heavy atom. The largest absolute Gasteiger partial charge is 0.534 e. The molecule has 0 amide bonds. The molecule has 0 heterocycles. The van der Waals surface area contributed by atoms with Crippen molar-refractivity contribution >= 4 is 16.2 Å². The average molecular weight is 320 g/mol. The Bertz CT molecular complexity index is 599. The number of halogens is 3. The van der Waals surface area contributed by atoms with E-state index in [0.717, 1.165) is 18.4 Å². The van der Waals surface area contributed by atoms with E-state index >= 15 is 0 Å². The first-order valence-electron chi connectivity index (χ1n) is 6.18.